The molecule has 82 valence electrons. The second-order valence-electron chi connectivity index (χ2n) is 3.27. The Morgan fingerprint density at radius 3 is 2.27 bits per heavy atom. The van der Waals surface area contributed by atoms with Gasteiger partial charge in [-0.15, -0.1) is 0 Å². The van der Waals surface area contributed by atoms with Crippen molar-refractivity contribution in [3.63, 3.8) is 0 Å². The van der Waals surface area contributed by atoms with Crippen molar-refractivity contribution in [3.05, 3.63) is 28.8 Å². The SMILES string of the molecule is COc1cc(C)c(COC(=O)Cl)c(C)c1. The molecule has 0 unspecified atom stereocenters. The molecule has 0 heterocycles. The minimum absolute atomic E-state index is 0.198. The normalized spacial score (nSPS) is 9.87. The van der Waals surface area contributed by atoms with Crippen LogP contribution in [-0.4, -0.2) is 12.5 Å². The van der Waals surface area contributed by atoms with E-state index in [2.05, 4.69) is 0 Å². The Kier molecular flexibility index (Phi) is 3.97. The molecule has 1 rings (SSSR count). The van der Waals surface area contributed by atoms with Gasteiger partial charge in [0.15, 0.2) is 0 Å². The van der Waals surface area contributed by atoms with Crippen LogP contribution in [0.5, 0.6) is 5.75 Å². The van der Waals surface area contributed by atoms with Crippen LogP contribution in [0.1, 0.15) is 16.7 Å². The van der Waals surface area contributed by atoms with Crippen molar-refractivity contribution < 1.29 is 14.3 Å². The molecule has 0 aliphatic carbocycles. The number of methoxy groups -OCH3 is 1. The Hall–Kier alpha value is -1.22. The summed E-state index contributed by atoms with van der Waals surface area (Å²) in [5.41, 5.74) is 2.21. The smallest absolute Gasteiger partial charge is 0.404 e. The van der Waals surface area contributed by atoms with Crippen molar-refractivity contribution in [3.8, 4) is 5.75 Å². The van der Waals surface area contributed by atoms with Crippen LogP contribution in [0.15, 0.2) is 12.1 Å². The first-order chi connectivity index (χ1) is 7.04. The standard InChI is InChI=1S/C11H13ClO3/c1-7-4-9(14-3)5-8(2)10(7)6-15-11(12)13/h4-5H,6H2,1-3H3. The summed E-state index contributed by atoms with van der Waals surface area (Å²) in [6.07, 6.45) is 0. The Morgan fingerprint density at radius 2 is 1.87 bits per heavy atom. The molecular formula is C11H13ClO3. The number of aryl methyl sites for hydroxylation is 2. The van der Waals surface area contributed by atoms with Gasteiger partial charge in [-0.1, -0.05) is 0 Å². The number of rotatable bonds is 3. The van der Waals surface area contributed by atoms with E-state index in [1.165, 1.54) is 0 Å². The van der Waals surface area contributed by atoms with Crippen LogP contribution in [0.3, 0.4) is 0 Å². The van der Waals surface area contributed by atoms with Gasteiger partial charge in [-0.3, -0.25) is 0 Å². The van der Waals surface area contributed by atoms with Gasteiger partial charge in [-0.2, -0.15) is 0 Å². The van der Waals surface area contributed by atoms with E-state index >= 15 is 0 Å². The van der Waals surface area contributed by atoms with Crippen LogP contribution in [0.4, 0.5) is 4.79 Å². The number of ether oxygens (including phenoxy) is 2. The van der Waals surface area contributed by atoms with Gasteiger partial charge in [0, 0.05) is 11.6 Å². The van der Waals surface area contributed by atoms with Crippen LogP contribution >= 0.6 is 11.6 Å². The topological polar surface area (TPSA) is 35.5 Å². The lowest BCUT2D eigenvalue weighted by Crippen LogP contribution is -2.00. The number of benzene rings is 1. The van der Waals surface area contributed by atoms with Crippen molar-refractivity contribution in [1.82, 2.24) is 0 Å². The number of halogens is 1. The molecule has 0 aromatic heterocycles. The molecular weight excluding hydrogens is 216 g/mol. The van der Waals surface area contributed by atoms with Gasteiger partial charge in [0.05, 0.1) is 7.11 Å². The molecule has 4 heteroatoms. The van der Waals surface area contributed by atoms with Gasteiger partial charge in [0.1, 0.15) is 12.4 Å². The summed E-state index contributed by atoms with van der Waals surface area (Å²) < 4.78 is 9.87. The van der Waals surface area contributed by atoms with E-state index in [0.29, 0.717) is 0 Å². The lowest BCUT2D eigenvalue weighted by Gasteiger charge is -2.11. The third-order valence-electron chi connectivity index (χ3n) is 2.24. The van der Waals surface area contributed by atoms with Crippen LogP contribution < -0.4 is 4.74 Å². The molecule has 3 nitrogen and oxygen atoms in total. The molecule has 1 aromatic carbocycles. The van der Waals surface area contributed by atoms with Crippen LogP contribution in [0.2, 0.25) is 0 Å². The fourth-order valence-electron chi connectivity index (χ4n) is 1.43. The lowest BCUT2D eigenvalue weighted by molar-refractivity contribution is 0.166. The molecule has 0 fully saturated rings. The summed E-state index contributed by atoms with van der Waals surface area (Å²) in [5, 5.41) is 0. The highest BCUT2D eigenvalue weighted by atomic mass is 35.5. The van der Waals surface area contributed by atoms with E-state index < -0.39 is 5.43 Å². The third kappa shape index (κ3) is 3.13. The summed E-state index contributed by atoms with van der Waals surface area (Å²) in [7, 11) is 1.62. The lowest BCUT2D eigenvalue weighted by atomic mass is 10.0. The van der Waals surface area contributed by atoms with Gasteiger partial charge in [0.2, 0.25) is 0 Å². The highest BCUT2D eigenvalue weighted by Gasteiger charge is 2.07. The molecule has 15 heavy (non-hydrogen) atoms. The van der Waals surface area contributed by atoms with E-state index in [-0.39, 0.29) is 6.61 Å². The second kappa shape index (κ2) is 5.03. The molecule has 0 amide bonds. The van der Waals surface area contributed by atoms with Crippen molar-refractivity contribution in [2.24, 2.45) is 0 Å². The predicted molar refractivity (Wildman–Crippen MR) is 58.5 cm³/mol. The maximum absolute atomic E-state index is 10.5. The summed E-state index contributed by atoms with van der Waals surface area (Å²) in [4.78, 5) is 10.5. The van der Waals surface area contributed by atoms with Crippen LogP contribution in [0.25, 0.3) is 0 Å². The Balaban J connectivity index is 2.92. The maximum Gasteiger partial charge on any atom is 0.404 e. The van der Waals surface area contributed by atoms with E-state index in [4.69, 9.17) is 21.1 Å². The Morgan fingerprint density at radius 1 is 1.33 bits per heavy atom. The minimum Gasteiger partial charge on any atom is -0.497 e. The van der Waals surface area contributed by atoms with Gasteiger partial charge in [-0.05, 0) is 42.7 Å². The monoisotopic (exact) mass is 228 g/mol. The number of hydrogen-bond acceptors (Lipinski definition) is 3. The maximum atomic E-state index is 10.5. The highest BCUT2D eigenvalue weighted by molar-refractivity contribution is 6.61. The van der Waals surface area contributed by atoms with Crippen molar-refractivity contribution in [2.45, 2.75) is 20.5 Å². The van der Waals surface area contributed by atoms with Gasteiger partial charge < -0.3 is 9.47 Å². The Bertz CT molecular complexity index is 351. The van der Waals surface area contributed by atoms with E-state index in [1.807, 2.05) is 26.0 Å². The summed E-state index contributed by atoms with van der Waals surface area (Å²) in [5.74, 6) is 0.797. The fourth-order valence-corrected chi connectivity index (χ4v) is 1.48. The fraction of sp³-hybridized carbons (Fsp3) is 0.364. The molecule has 0 aliphatic rings. The summed E-state index contributed by atoms with van der Waals surface area (Å²) in [6.45, 7) is 4.07. The van der Waals surface area contributed by atoms with E-state index in [9.17, 15) is 4.79 Å². The first-order valence-electron chi connectivity index (χ1n) is 4.51. The van der Waals surface area contributed by atoms with Crippen LogP contribution in [0, 0.1) is 13.8 Å². The van der Waals surface area contributed by atoms with E-state index in [1.54, 1.807) is 7.11 Å². The third-order valence-corrected chi connectivity index (χ3v) is 2.34. The van der Waals surface area contributed by atoms with Crippen molar-refractivity contribution in [1.29, 1.82) is 0 Å². The van der Waals surface area contributed by atoms with Gasteiger partial charge in [0.25, 0.3) is 0 Å². The predicted octanol–water partition coefficient (Wildman–Crippen LogP) is 3.19. The first kappa shape index (κ1) is 11.9. The summed E-state index contributed by atoms with van der Waals surface area (Å²) >= 11 is 5.11. The molecule has 0 spiro atoms. The van der Waals surface area contributed by atoms with Crippen molar-refractivity contribution in [2.75, 3.05) is 7.11 Å². The quantitative estimate of drug-likeness (QED) is 0.746. The Labute approximate surface area is 93.9 Å². The zero-order valence-electron chi connectivity index (χ0n) is 8.96. The van der Waals surface area contributed by atoms with Gasteiger partial charge in [-0.25, -0.2) is 4.79 Å². The van der Waals surface area contributed by atoms with Crippen LogP contribution in [-0.2, 0) is 11.3 Å². The second-order valence-corrected chi connectivity index (χ2v) is 3.57. The zero-order valence-corrected chi connectivity index (χ0v) is 9.72. The largest absolute Gasteiger partial charge is 0.497 e. The molecule has 0 radical (unpaired) electrons. The first-order valence-corrected chi connectivity index (χ1v) is 4.88. The minimum atomic E-state index is -0.787. The molecule has 0 saturated carbocycles. The van der Waals surface area contributed by atoms with Gasteiger partial charge >= 0.3 is 5.43 Å². The molecule has 0 aliphatic heterocycles. The molecule has 0 N–H and O–H groups in total. The molecule has 0 atom stereocenters. The average Bonchev–Trinajstić information content (AvgIpc) is 2.15. The molecule has 1 aromatic rings. The van der Waals surface area contributed by atoms with E-state index in [0.717, 1.165) is 22.4 Å². The molecule has 0 bridgehead atoms. The average molecular weight is 229 g/mol. The number of carbonyl (C=O) groups excluding carboxylic acids is 1. The number of carbonyl (C=O) groups is 1. The summed E-state index contributed by atoms with van der Waals surface area (Å²) in [6, 6.07) is 3.79. The number of hydrogen-bond donors (Lipinski definition) is 0. The zero-order chi connectivity index (χ0) is 11.4. The highest BCUT2D eigenvalue weighted by Crippen LogP contribution is 2.22. The van der Waals surface area contributed by atoms with Crippen molar-refractivity contribution >= 4 is 17.0 Å². The molecule has 0 saturated heterocycles.